The lowest BCUT2D eigenvalue weighted by molar-refractivity contribution is 0.0896. The van der Waals surface area contributed by atoms with Crippen molar-refractivity contribution in [2.45, 2.75) is 51.0 Å². The van der Waals surface area contributed by atoms with Gasteiger partial charge < -0.3 is 4.74 Å². The minimum absolute atomic E-state index is 0.387. The summed E-state index contributed by atoms with van der Waals surface area (Å²) in [4.78, 5) is 0. The lowest BCUT2D eigenvalue weighted by Gasteiger charge is -2.31. The minimum atomic E-state index is 0.387. The molecular formula is C15H21ClO. The number of benzene rings is 1. The molecule has 1 nitrogen and oxygen atoms in total. The van der Waals surface area contributed by atoms with Crippen LogP contribution in [0.3, 0.4) is 0 Å². The van der Waals surface area contributed by atoms with E-state index >= 15 is 0 Å². The van der Waals surface area contributed by atoms with Gasteiger partial charge in [0.25, 0.3) is 0 Å². The fraction of sp³-hybridized carbons (Fsp3) is 0.600. The number of alkyl halides is 1. The van der Waals surface area contributed by atoms with Gasteiger partial charge in [-0.2, -0.15) is 0 Å². The number of hydrogen-bond acceptors (Lipinski definition) is 1. The third kappa shape index (κ3) is 3.16. The third-order valence-electron chi connectivity index (χ3n) is 3.76. The first-order valence-corrected chi connectivity index (χ1v) is 7.19. The highest BCUT2D eigenvalue weighted by atomic mass is 35.5. The summed E-state index contributed by atoms with van der Waals surface area (Å²) in [6, 6.07) is 8.13. The van der Waals surface area contributed by atoms with Crippen LogP contribution in [0.25, 0.3) is 0 Å². The van der Waals surface area contributed by atoms with Gasteiger partial charge in [-0.3, -0.25) is 0 Å². The second kappa shape index (κ2) is 6.30. The largest absolute Gasteiger partial charge is 0.490 e. The first kappa shape index (κ1) is 12.8. The maximum atomic E-state index is 6.20. The van der Waals surface area contributed by atoms with Gasteiger partial charge in [0, 0.05) is 5.56 Å². The van der Waals surface area contributed by atoms with Crippen LogP contribution < -0.4 is 4.74 Å². The molecule has 1 aliphatic carbocycles. The molecule has 1 aromatic rings. The summed E-state index contributed by atoms with van der Waals surface area (Å²) < 4.78 is 6.20. The zero-order valence-electron chi connectivity index (χ0n) is 10.5. The second-order valence-electron chi connectivity index (χ2n) is 4.85. The predicted octanol–water partition coefficient (Wildman–Crippen LogP) is 4.77. The molecule has 17 heavy (non-hydrogen) atoms. The lowest BCUT2D eigenvalue weighted by Crippen LogP contribution is -2.30. The first-order chi connectivity index (χ1) is 8.35. The monoisotopic (exact) mass is 252 g/mol. The molecule has 1 aliphatic rings. The van der Waals surface area contributed by atoms with E-state index in [1.54, 1.807) is 0 Å². The summed E-state index contributed by atoms with van der Waals surface area (Å²) in [5, 5.41) is 0. The van der Waals surface area contributed by atoms with Crippen LogP contribution in [0.15, 0.2) is 24.3 Å². The molecule has 2 heteroatoms. The Labute approximate surface area is 109 Å². The molecule has 0 saturated heterocycles. The lowest BCUT2D eigenvalue weighted by atomic mass is 9.84. The van der Waals surface area contributed by atoms with Gasteiger partial charge in [0.15, 0.2) is 0 Å². The Morgan fingerprint density at radius 1 is 1.24 bits per heavy atom. The molecule has 0 aliphatic heterocycles. The van der Waals surface area contributed by atoms with Crippen molar-refractivity contribution in [3.63, 3.8) is 0 Å². The molecule has 1 aromatic carbocycles. The zero-order chi connectivity index (χ0) is 12.1. The fourth-order valence-corrected chi connectivity index (χ4v) is 2.91. The summed E-state index contributed by atoms with van der Waals surface area (Å²) in [7, 11) is 0. The van der Waals surface area contributed by atoms with Crippen molar-refractivity contribution in [2.75, 3.05) is 0 Å². The van der Waals surface area contributed by atoms with Crippen molar-refractivity contribution >= 4 is 11.6 Å². The molecule has 0 heterocycles. The van der Waals surface area contributed by atoms with Crippen LogP contribution in [0.2, 0.25) is 0 Å². The van der Waals surface area contributed by atoms with Gasteiger partial charge in [-0.25, -0.2) is 0 Å². The van der Waals surface area contributed by atoms with Crippen molar-refractivity contribution in [2.24, 2.45) is 5.92 Å². The summed E-state index contributed by atoms with van der Waals surface area (Å²) in [5.41, 5.74) is 1.11. The molecular weight excluding hydrogens is 232 g/mol. The maximum Gasteiger partial charge on any atom is 0.124 e. The molecule has 0 N–H and O–H groups in total. The van der Waals surface area contributed by atoms with E-state index in [-0.39, 0.29) is 0 Å². The van der Waals surface area contributed by atoms with Crippen LogP contribution >= 0.6 is 11.6 Å². The fourth-order valence-electron chi connectivity index (χ4n) is 2.69. The Balaban J connectivity index is 2.08. The van der Waals surface area contributed by atoms with Crippen LogP contribution in [0.5, 0.6) is 5.75 Å². The van der Waals surface area contributed by atoms with Crippen LogP contribution in [0.4, 0.5) is 0 Å². The Kier molecular flexibility index (Phi) is 4.73. The highest BCUT2D eigenvalue weighted by molar-refractivity contribution is 6.17. The minimum Gasteiger partial charge on any atom is -0.490 e. The Bertz CT molecular complexity index is 351. The number of para-hydroxylation sites is 1. The second-order valence-corrected chi connectivity index (χ2v) is 5.12. The van der Waals surface area contributed by atoms with Gasteiger partial charge in [-0.05, 0) is 37.7 Å². The highest BCUT2D eigenvalue weighted by Crippen LogP contribution is 2.31. The molecule has 1 saturated carbocycles. The Hall–Kier alpha value is -0.690. The average molecular weight is 253 g/mol. The first-order valence-electron chi connectivity index (χ1n) is 6.65. The van der Waals surface area contributed by atoms with Crippen molar-refractivity contribution in [1.29, 1.82) is 0 Å². The van der Waals surface area contributed by atoms with E-state index in [2.05, 4.69) is 6.92 Å². The van der Waals surface area contributed by atoms with Crippen LogP contribution in [0.1, 0.15) is 44.6 Å². The van der Waals surface area contributed by atoms with Crippen molar-refractivity contribution in [3.8, 4) is 5.75 Å². The van der Waals surface area contributed by atoms with Gasteiger partial charge >= 0.3 is 0 Å². The van der Waals surface area contributed by atoms with Crippen molar-refractivity contribution in [1.82, 2.24) is 0 Å². The quantitative estimate of drug-likeness (QED) is 0.701. The number of ether oxygens (including phenoxy) is 1. The highest BCUT2D eigenvalue weighted by Gasteiger charge is 2.25. The number of hydrogen-bond donors (Lipinski definition) is 0. The topological polar surface area (TPSA) is 9.23 Å². The smallest absolute Gasteiger partial charge is 0.124 e. The van der Waals surface area contributed by atoms with Gasteiger partial charge in [0.2, 0.25) is 0 Å². The van der Waals surface area contributed by atoms with E-state index in [0.717, 1.165) is 11.3 Å². The van der Waals surface area contributed by atoms with Crippen LogP contribution in [-0.2, 0) is 5.88 Å². The molecule has 0 bridgehead atoms. The van der Waals surface area contributed by atoms with Gasteiger partial charge in [-0.1, -0.05) is 31.5 Å². The van der Waals surface area contributed by atoms with Crippen LogP contribution in [-0.4, -0.2) is 6.10 Å². The summed E-state index contributed by atoms with van der Waals surface area (Å²) >= 11 is 5.94. The van der Waals surface area contributed by atoms with E-state index in [0.29, 0.717) is 17.9 Å². The Morgan fingerprint density at radius 2 is 2.00 bits per heavy atom. The van der Waals surface area contributed by atoms with Gasteiger partial charge in [-0.15, -0.1) is 11.6 Å². The SMILES string of the molecule is CCC1CCCCC1Oc1ccccc1CCl. The van der Waals surface area contributed by atoms with Crippen molar-refractivity contribution < 1.29 is 4.74 Å². The number of rotatable bonds is 4. The molecule has 0 aromatic heterocycles. The van der Waals surface area contributed by atoms with Gasteiger partial charge in [0.05, 0.1) is 5.88 Å². The third-order valence-corrected chi connectivity index (χ3v) is 4.05. The molecule has 94 valence electrons. The van der Waals surface area contributed by atoms with E-state index in [9.17, 15) is 0 Å². The molecule has 0 radical (unpaired) electrons. The van der Waals surface area contributed by atoms with E-state index < -0.39 is 0 Å². The molecule has 2 rings (SSSR count). The van der Waals surface area contributed by atoms with Gasteiger partial charge in [0.1, 0.15) is 11.9 Å². The maximum absolute atomic E-state index is 6.20. The molecule has 2 atom stereocenters. The predicted molar refractivity (Wildman–Crippen MR) is 72.7 cm³/mol. The Morgan fingerprint density at radius 3 is 2.76 bits per heavy atom. The van der Waals surface area contributed by atoms with Crippen LogP contribution in [0, 0.1) is 5.92 Å². The summed E-state index contributed by atoms with van der Waals surface area (Å²) in [6.07, 6.45) is 6.75. The average Bonchev–Trinajstić information content (AvgIpc) is 2.40. The van der Waals surface area contributed by atoms with E-state index in [1.807, 2.05) is 24.3 Å². The normalized spacial score (nSPS) is 24.6. The molecule has 0 spiro atoms. The standard InChI is InChI=1S/C15H21ClO/c1-2-12-7-3-5-9-14(12)17-15-10-6-4-8-13(15)11-16/h4,6,8,10,12,14H,2-3,5,7,9,11H2,1H3. The molecule has 1 fully saturated rings. The summed E-state index contributed by atoms with van der Waals surface area (Å²) in [5.74, 6) is 2.22. The number of halogens is 1. The van der Waals surface area contributed by atoms with Crippen molar-refractivity contribution in [3.05, 3.63) is 29.8 Å². The molecule has 0 amide bonds. The van der Waals surface area contributed by atoms with E-state index in [4.69, 9.17) is 16.3 Å². The van der Waals surface area contributed by atoms with E-state index in [1.165, 1.54) is 32.1 Å². The molecule has 2 unspecified atom stereocenters. The summed E-state index contributed by atoms with van der Waals surface area (Å²) in [6.45, 7) is 2.26. The zero-order valence-corrected chi connectivity index (χ0v) is 11.2.